The van der Waals surface area contributed by atoms with Crippen LogP contribution < -0.4 is 16.0 Å². The zero-order valence-electron chi connectivity index (χ0n) is 14.3. The normalized spacial score (nSPS) is 18.0. The van der Waals surface area contributed by atoms with E-state index in [0.717, 1.165) is 0 Å². The number of aromatic nitrogens is 2. The molecule has 5 atom stereocenters. The van der Waals surface area contributed by atoms with E-state index in [9.17, 15) is 15.3 Å². The molecule has 0 bridgehead atoms. The fraction of sp³-hybridized carbons (Fsp3) is 0.733. The van der Waals surface area contributed by atoms with Crippen LogP contribution >= 0.6 is 0 Å². The Morgan fingerprint density at radius 2 is 1.71 bits per heavy atom. The summed E-state index contributed by atoms with van der Waals surface area (Å²) in [7, 11) is 5.02. The summed E-state index contributed by atoms with van der Waals surface area (Å²) >= 11 is 0. The van der Waals surface area contributed by atoms with E-state index in [1.54, 1.807) is 21.1 Å². The molecule has 0 amide bonds. The smallest absolute Gasteiger partial charge is 0.115 e. The molecule has 138 valence electrons. The van der Waals surface area contributed by atoms with Crippen molar-refractivity contribution in [2.24, 2.45) is 0 Å². The lowest BCUT2D eigenvalue weighted by Gasteiger charge is -2.26. The highest BCUT2D eigenvalue weighted by molar-refractivity contribution is 5.09. The van der Waals surface area contributed by atoms with Gasteiger partial charge in [-0.3, -0.25) is 9.97 Å². The van der Waals surface area contributed by atoms with Crippen LogP contribution in [0.2, 0.25) is 0 Å². The monoisotopic (exact) mass is 343 g/mol. The van der Waals surface area contributed by atoms with Gasteiger partial charge in [0.2, 0.25) is 0 Å². The lowest BCUT2D eigenvalue weighted by atomic mass is 10.0. The van der Waals surface area contributed by atoms with Gasteiger partial charge in [0.05, 0.1) is 48.5 Å². The quantitative estimate of drug-likeness (QED) is 0.226. The Kier molecular flexibility index (Phi) is 9.22. The molecule has 1 heterocycles. The van der Waals surface area contributed by atoms with Gasteiger partial charge in [0, 0.05) is 19.2 Å². The van der Waals surface area contributed by atoms with Gasteiger partial charge in [-0.25, -0.2) is 0 Å². The van der Waals surface area contributed by atoms with Crippen LogP contribution in [0.15, 0.2) is 12.4 Å². The maximum absolute atomic E-state index is 10.4. The van der Waals surface area contributed by atoms with Gasteiger partial charge >= 0.3 is 0 Å². The molecule has 0 aliphatic rings. The Hall–Kier alpha value is -1.20. The van der Waals surface area contributed by atoms with Crippen LogP contribution in [0.1, 0.15) is 17.5 Å². The zero-order valence-corrected chi connectivity index (χ0v) is 14.3. The molecular formula is C15H29N5O4. The third-order valence-electron chi connectivity index (χ3n) is 3.98. The third-order valence-corrected chi connectivity index (χ3v) is 3.98. The van der Waals surface area contributed by atoms with Crippen molar-refractivity contribution in [2.45, 2.75) is 36.8 Å². The average molecular weight is 343 g/mol. The first kappa shape index (κ1) is 20.8. The van der Waals surface area contributed by atoms with Gasteiger partial charge in [-0.15, -0.1) is 0 Å². The highest BCUT2D eigenvalue weighted by Gasteiger charge is 2.27. The molecule has 0 fully saturated rings. The molecule has 24 heavy (non-hydrogen) atoms. The maximum Gasteiger partial charge on any atom is 0.115 e. The van der Waals surface area contributed by atoms with E-state index in [1.807, 2.05) is 0 Å². The third kappa shape index (κ3) is 5.71. The van der Waals surface area contributed by atoms with Gasteiger partial charge in [0.1, 0.15) is 6.10 Å². The molecule has 0 radical (unpaired) electrons. The van der Waals surface area contributed by atoms with Crippen molar-refractivity contribution < 1.29 is 20.4 Å². The van der Waals surface area contributed by atoms with Crippen molar-refractivity contribution in [3.63, 3.8) is 0 Å². The van der Waals surface area contributed by atoms with Crippen LogP contribution in [0, 0.1) is 0 Å². The van der Waals surface area contributed by atoms with Crippen molar-refractivity contribution >= 4 is 0 Å². The first-order valence-electron chi connectivity index (χ1n) is 7.93. The number of hydrogen-bond acceptors (Lipinski definition) is 9. The maximum atomic E-state index is 10.4. The first-order valence-corrected chi connectivity index (χ1v) is 7.93. The average Bonchev–Trinajstić information content (AvgIpc) is 2.57. The number of nitrogens with zero attached hydrogens (tertiary/aromatic N) is 2. The van der Waals surface area contributed by atoms with Crippen molar-refractivity contribution in [3.8, 4) is 0 Å². The van der Waals surface area contributed by atoms with Crippen molar-refractivity contribution in [2.75, 3.05) is 34.3 Å². The van der Waals surface area contributed by atoms with Crippen LogP contribution in [0.3, 0.4) is 0 Å². The molecule has 0 aromatic carbocycles. The molecule has 1 aromatic rings. The second kappa shape index (κ2) is 10.6. The second-order valence-electron chi connectivity index (χ2n) is 5.67. The molecule has 0 aliphatic heterocycles. The van der Waals surface area contributed by atoms with Gasteiger partial charge < -0.3 is 36.4 Å². The molecule has 1 aromatic heterocycles. The number of nitrogens with one attached hydrogen (secondary N) is 3. The van der Waals surface area contributed by atoms with Gasteiger partial charge in [-0.05, 0) is 21.1 Å². The first-order chi connectivity index (χ1) is 11.5. The fourth-order valence-electron chi connectivity index (χ4n) is 2.47. The summed E-state index contributed by atoms with van der Waals surface area (Å²) in [6.45, 7) is 0.141. The van der Waals surface area contributed by atoms with E-state index >= 15 is 0 Å². The van der Waals surface area contributed by atoms with Gasteiger partial charge in [0.25, 0.3) is 0 Å². The summed E-state index contributed by atoms with van der Waals surface area (Å²) in [5.74, 6) is 0. The van der Waals surface area contributed by atoms with Gasteiger partial charge in [-0.2, -0.15) is 0 Å². The molecule has 7 N–H and O–H groups in total. The molecule has 1 rings (SSSR count). The van der Waals surface area contributed by atoms with Crippen LogP contribution in [-0.2, 0) is 6.42 Å². The number of hydrogen-bond donors (Lipinski definition) is 7. The number of aliphatic hydroxyl groups is 4. The van der Waals surface area contributed by atoms with Crippen LogP contribution in [0.5, 0.6) is 0 Å². The SMILES string of the molecule is CNC[C@H](O)[C@H](NC)C(O)c1cnc(C[C@H](O)[C@H](CO)NC)cn1. The van der Waals surface area contributed by atoms with Crippen LogP contribution in [0.25, 0.3) is 0 Å². The minimum atomic E-state index is -1.02. The van der Waals surface area contributed by atoms with Gasteiger partial charge in [0.15, 0.2) is 0 Å². The van der Waals surface area contributed by atoms with E-state index in [0.29, 0.717) is 17.9 Å². The molecular weight excluding hydrogens is 314 g/mol. The molecule has 9 heteroatoms. The molecule has 1 unspecified atom stereocenters. The summed E-state index contributed by atoms with van der Waals surface area (Å²) < 4.78 is 0. The van der Waals surface area contributed by atoms with Gasteiger partial charge in [-0.1, -0.05) is 0 Å². The minimum Gasteiger partial charge on any atom is -0.395 e. The van der Waals surface area contributed by atoms with E-state index < -0.39 is 30.4 Å². The predicted octanol–water partition coefficient (Wildman–Crippen LogP) is -2.84. The molecule has 0 aliphatic carbocycles. The van der Waals surface area contributed by atoms with Crippen LogP contribution in [-0.4, -0.2) is 89.0 Å². The lowest BCUT2D eigenvalue weighted by molar-refractivity contribution is 0.0392. The Morgan fingerprint density at radius 1 is 1.00 bits per heavy atom. The van der Waals surface area contributed by atoms with E-state index in [1.165, 1.54) is 12.4 Å². The molecule has 0 spiro atoms. The summed E-state index contributed by atoms with van der Waals surface area (Å²) in [6, 6.07) is -1.03. The summed E-state index contributed by atoms with van der Waals surface area (Å²) in [5, 5.41) is 48.1. The van der Waals surface area contributed by atoms with E-state index in [4.69, 9.17) is 5.11 Å². The Balaban J connectivity index is 2.75. The van der Waals surface area contributed by atoms with Crippen molar-refractivity contribution in [3.05, 3.63) is 23.8 Å². The lowest BCUT2D eigenvalue weighted by Crippen LogP contribution is -2.47. The van der Waals surface area contributed by atoms with Crippen molar-refractivity contribution in [1.29, 1.82) is 0 Å². The minimum absolute atomic E-state index is 0.185. The largest absolute Gasteiger partial charge is 0.395 e. The zero-order chi connectivity index (χ0) is 18.1. The number of aliphatic hydroxyl groups excluding tert-OH is 4. The highest BCUT2D eigenvalue weighted by atomic mass is 16.3. The predicted molar refractivity (Wildman–Crippen MR) is 89.4 cm³/mol. The fourth-order valence-corrected chi connectivity index (χ4v) is 2.47. The number of likely N-dealkylation sites (N-methyl/N-ethyl adjacent to an activating group) is 3. The Labute approximate surface area is 142 Å². The topological polar surface area (TPSA) is 143 Å². The van der Waals surface area contributed by atoms with E-state index in [-0.39, 0.29) is 13.0 Å². The molecule has 9 nitrogen and oxygen atoms in total. The second-order valence-corrected chi connectivity index (χ2v) is 5.67. The molecule has 0 saturated heterocycles. The van der Waals surface area contributed by atoms with E-state index in [2.05, 4.69) is 25.9 Å². The Morgan fingerprint density at radius 3 is 2.17 bits per heavy atom. The standard InChI is InChI=1S/C15H29N5O4/c1-16-7-13(23)14(18-3)15(24)10-6-19-9(5-20-10)4-12(22)11(8-21)17-2/h5-6,11-18,21-24H,4,7-8H2,1-3H3/t11-,12-,13-,14-,15?/m0/s1. The Bertz CT molecular complexity index is 458. The summed E-state index contributed by atoms with van der Waals surface area (Å²) in [5.41, 5.74) is 0.874. The number of rotatable bonds is 11. The van der Waals surface area contributed by atoms with Crippen LogP contribution in [0.4, 0.5) is 0 Å². The highest BCUT2D eigenvalue weighted by Crippen LogP contribution is 2.16. The summed E-state index contributed by atoms with van der Waals surface area (Å²) in [4.78, 5) is 8.37. The van der Waals surface area contributed by atoms with Crippen molar-refractivity contribution in [1.82, 2.24) is 25.9 Å². The molecule has 0 saturated carbocycles. The summed E-state index contributed by atoms with van der Waals surface area (Å²) in [6.07, 6.45) is 0.520.